The van der Waals surface area contributed by atoms with E-state index in [-0.39, 0.29) is 34.3 Å². The van der Waals surface area contributed by atoms with Crippen molar-refractivity contribution >= 4 is 17.4 Å². The Kier molecular flexibility index (Phi) is 4.63. The van der Waals surface area contributed by atoms with Crippen molar-refractivity contribution in [1.29, 1.82) is 0 Å². The fourth-order valence-electron chi connectivity index (χ4n) is 4.80. The van der Waals surface area contributed by atoms with E-state index in [0.29, 0.717) is 18.1 Å². The maximum atomic E-state index is 14.1. The number of hydrogen-bond donors (Lipinski definition) is 1. The molecular formula is C23H25FN4O4. The summed E-state index contributed by atoms with van der Waals surface area (Å²) in [6, 6.07) is 4.19. The Bertz CT molecular complexity index is 1220. The molecule has 2 aliphatic heterocycles. The third-order valence-electron chi connectivity index (χ3n) is 6.09. The molecule has 1 aliphatic carbocycles. The van der Waals surface area contributed by atoms with Crippen LogP contribution in [-0.4, -0.2) is 45.7 Å². The molecule has 9 heteroatoms. The second-order valence-corrected chi connectivity index (χ2v) is 9.11. The van der Waals surface area contributed by atoms with Crippen molar-refractivity contribution in [3.63, 3.8) is 0 Å². The number of nitrogens with one attached hydrogen (secondary N) is 1. The normalized spacial score (nSPS) is 23.9. The number of methoxy groups -OCH3 is 1. The summed E-state index contributed by atoms with van der Waals surface area (Å²) in [5.74, 6) is -0.548. The number of amides is 1. The number of hydrogen-bond acceptors (Lipinski definition) is 6. The van der Waals surface area contributed by atoms with E-state index in [2.05, 4.69) is 17.2 Å². The molecule has 32 heavy (non-hydrogen) atoms. The summed E-state index contributed by atoms with van der Waals surface area (Å²) in [5.41, 5.74) is 1.21. The maximum Gasteiger partial charge on any atom is 0.259 e. The Morgan fingerprint density at radius 3 is 2.72 bits per heavy atom. The number of halogens is 1. The highest BCUT2D eigenvalue weighted by Crippen LogP contribution is 2.58. The largest absolute Gasteiger partial charge is 0.493 e. The van der Waals surface area contributed by atoms with Crippen LogP contribution in [0.4, 0.5) is 10.1 Å². The molecule has 0 spiro atoms. The van der Waals surface area contributed by atoms with Gasteiger partial charge in [-0.05, 0) is 45.7 Å². The number of fused-ring (bicyclic) bond motifs is 2. The number of para-hydroxylation sites is 1. The molecule has 168 valence electrons. The fourth-order valence-corrected chi connectivity index (χ4v) is 4.80. The Hall–Kier alpha value is -3.20. The summed E-state index contributed by atoms with van der Waals surface area (Å²) in [5, 5.41) is 2.78. The lowest BCUT2D eigenvalue weighted by atomic mass is 9.62. The molecule has 4 heterocycles. The molecule has 8 nitrogen and oxygen atoms in total. The predicted octanol–water partition coefficient (Wildman–Crippen LogP) is 3.74. The minimum absolute atomic E-state index is 0.0572. The molecule has 0 atom stereocenters. The van der Waals surface area contributed by atoms with Crippen LogP contribution in [0.2, 0.25) is 0 Å². The molecule has 1 aromatic carbocycles. The third-order valence-corrected chi connectivity index (χ3v) is 6.09. The molecule has 2 bridgehead atoms. The number of benzene rings is 1. The van der Waals surface area contributed by atoms with E-state index in [1.54, 1.807) is 10.6 Å². The molecule has 0 unspecified atom stereocenters. The molecule has 3 aliphatic rings. The van der Waals surface area contributed by atoms with Crippen LogP contribution in [-0.2, 0) is 10.2 Å². The number of aromatic nitrogens is 3. The first-order chi connectivity index (χ1) is 15.2. The van der Waals surface area contributed by atoms with Gasteiger partial charge in [0.25, 0.3) is 5.91 Å². The molecule has 2 aromatic heterocycles. The van der Waals surface area contributed by atoms with E-state index >= 15 is 0 Å². The van der Waals surface area contributed by atoms with Gasteiger partial charge in [0.2, 0.25) is 11.7 Å². The third kappa shape index (κ3) is 3.28. The monoisotopic (exact) mass is 440 g/mol. The van der Waals surface area contributed by atoms with Gasteiger partial charge in [-0.3, -0.25) is 9.20 Å². The highest BCUT2D eigenvalue weighted by atomic mass is 19.1. The van der Waals surface area contributed by atoms with Crippen LogP contribution in [0.1, 0.15) is 49.7 Å². The van der Waals surface area contributed by atoms with Crippen LogP contribution in [0.15, 0.2) is 30.6 Å². The van der Waals surface area contributed by atoms with Gasteiger partial charge in [-0.25, -0.2) is 9.37 Å². The molecule has 0 radical (unpaired) electrons. The van der Waals surface area contributed by atoms with E-state index in [0.717, 1.165) is 18.5 Å². The van der Waals surface area contributed by atoms with Gasteiger partial charge in [0.15, 0.2) is 11.6 Å². The summed E-state index contributed by atoms with van der Waals surface area (Å²) in [6.07, 6.45) is 5.33. The van der Waals surface area contributed by atoms with Crippen molar-refractivity contribution in [2.24, 2.45) is 0 Å². The van der Waals surface area contributed by atoms with Crippen molar-refractivity contribution in [1.82, 2.24) is 14.4 Å². The first-order valence-corrected chi connectivity index (χ1v) is 10.6. The van der Waals surface area contributed by atoms with Crippen molar-refractivity contribution < 1.29 is 23.4 Å². The van der Waals surface area contributed by atoms with Gasteiger partial charge in [0.1, 0.15) is 5.69 Å². The lowest BCUT2D eigenvalue weighted by molar-refractivity contribution is 0.0154. The van der Waals surface area contributed by atoms with Crippen LogP contribution in [0, 0.1) is 5.82 Å². The zero-order chi connectivity index (χ0) is 22.7. The quantitative estimate of drug-likeness (QED) is 0.629. The zero-order valence-electron chi connectivity index (χ0n) is 18.4. The number of imidazole rings is 1. The average Bonchev–Trinajstić information content (AvgIpc) is 3.38. The standard InChI is InChI=1S/C23H25FN4O4/c1-13(2)32-20-16(25-19(29)14-6-5-7-15(24)18(14)30-4)8-28-9-17(26-21(28)27-20)23-10-22(3,11-23)31-12-23/h5-9,13H,10-12H2,1-4H3,(H,25,29). The zero-order valence-corrected chi connectivity index (χ0v) is 18.4. The van der Waals surface area contributed by atoms with Crippen molar-refractivity contribution in [3.05, 3.63) is 47.7 Å². The van der Waals surface area contributed by atoms with E-state index in [1.165, 1.54) is 25.3 Å². The van der Waals surface area contributed by atoms with Gasteiger partial charge in [0, 0.05) is 17.8 Å². The van der Waals surface area contributed by atoms with Gasteiger partial charge in [0.05, 0.1) is 36.7 Å². The lowest BCUT2D eigenvalue weighted by Crippen LogP contribution is -2.45. The first kappa shape index (κ1) is 20.7. The second kappa shape index (κ2) is 7.16. The van der Waals surface area contributed by atoms with Crippen molar-refractivity contribution in [3.8, 4) is 11.6 Å². The first-order valence-electron chi connectivity index (χ1n) is 10.6. The number of carbonyl (C=O) groups is 1. The number of nitrogens with zero attached hydrogens (tertiary/aromatic N) is 3. The molecule has 3 fully saturated rings. The smallest absolute Gasteiger partial charge is 0.259 e. The highest BCUT2D eigenvalue weighted by Gasteiger charge is 2.61. The summed E-state index contributed by atoms with van der Waals surface area (Å²) in [6.45, 7) is 6.50. The van der Waals surface area contributed by atoms with Gasteiger partial charge < -0.3 is 19.5 Å². The second-order valence-electron chi connectivity index (χ2n) is 9.11. The molecule has 1 saturated carbocycles. The number of anilines is 1. The molecule has 3 aromatic rings. The van der Waals surface area contributed by atoms with Gasteiger partial charge >= 0.3 is 0 Å². The number of carbonyl (C=O) groups excluding carboxylic acids is 1. The Morgan fingerprint density at radius 1 is 1.28 bits per heavy atom. The van der Waals surface area contributed by atoms with Crippen LogP contribution >= 0.6 is 0 Å². The van der Waals surface area contributed by atoms with E-state index in [4.69, 9.17) is 19.2 Å². The van der Waals surface area contributed by atoms with Gasteiger partial charge in [-0.15, -0.1) is 0 Å². The molecule has 1 N–H and O–H groups in total. The van der Waals surface area contributed by atoms with Gasteiger partial charge in [-0.1, -0.05) is 6.07 Å². The predicted molar refractivity (Wildman–Crippen MR) is 115 cm³/mol. The number of ether oxygens (including phenoxy) is 3. The fraction of sp³-hybridized carbons (Fsp3) is 0.435. The van der Waals surface area contributed by atoms with Crippen LogP contribution < -0.4 is 14.8 Å². The minimum Gasteiger partial charge on any atom is -0.493 e. The number of rotatable bonds is 6. The van der Waals surface area contributed by atoms with E-state index < -0.39 is 11.7 Å². The summed E-state index contributed by atoms with van der Waals surface area (Å²) in [7, 11) is 1.32. The SMILES string of the molecule is COc1c(F)cccc1C(=O)Nc1cn2cc(C34COC(C)(C3)C4)nc2nc1OC(C)C. The highest BCUT2D eigenvalue weighted by molar-refractivity contribution is 6.06. The van der Waals surface area contributed by atoms with Crippen molar-refractivity contribution in [2.45, 2.75) is 50.7 Å². The van der Waals surface area contributed by atoms with Crippen LogP contribution in [0.3, 0.4) is 0 Å². The van der Waals surface area contributed by atoms with Crippen LogP contribution in [0.25, 0.3) is 5.78 Å². The maximum absolute atomic E-state index is 14.1. The molecule has 2 saturated heterocycles. The topological polar surface area (TPSA) is 87.0 Å². The summed E-state index contributed by atoms with van der Waals surface area (Å²) in [4.78, 5) is 22.2. The van der Waals surface area contributed by atoms with Crippen LogP contribution in [0.5, 0.6) is 11.6 Å². The average molecular weight is 440 g/mol. The molecule has 6 rings (SSSR count). The van der Waals surface area contributed by atoms with Gasteiger partial charge in [-0.2, -0.15) is 4.98 Å². The Morgan fingerprint density at radius 2 is 2.06 bits per heavy atom. The Balaban J connectivity index is 1.51. The minimum atomic E-state index is -0.614. The molecular weight excluding hydrogens is 415 g/mol. The van der Waals surface area contributed by atoms with E-state index in [9.17, 15) is 9.18 Å². The molecule has 1 amide bonds. The van der Waals surface area contributed by atoms with E-state index in [1.807, 2.05) is 20.0 Å². The summed E-state index contributed by atoms with van der Waals surface area (Å²) >= 11 is 0. The summed E-state index contributed by atoms with van der Waals surface area (Å²) < 4.78 is 32.7. The lowest BCUT2D eigenvalue weighted by Gasteiger charge is -2.41. The van der Waals surface area contributed by atoms with Crippen molar-refractivity contribution in [2.75, 3.05) is 19.0 Å². The Labute approximate surface area is 184 Å².